The number of allylic oxidation sites excluding steroid dienone is 1. The minimum absolute atomic E-state index is 0. The predicted molar refractivity (Wildman–Crippen MR) is 187 cm³/mol. The Kier molecular flexibility index (Phi) is 14.9. The van der Waals surface area contributed by atoms with E-state index in [1.54, 1.807) is 0 Å². The minimum Gasteiger partial charge on any atom is -0.399 e. The van der Waals surface area contributed by atoms with Gasteiger partial charge in [-0.2, -0.15) is 0 Å². The Hall–Kier alpha value is -2.90. The summed E-state index contributed by atoms with van der Waals surface area (Å²) in [5, 5.41) is 0. The zero-order valence-corrected chi connectivity index (χ0v) is 26.7. The molecule has 3 nitrogen and oxygen atoms in total. The van der Waals surface area contributed by atoms with E-state index in [0.29, 0.717) is 24.5 Å². The van der Waals surface area contributed by atoms with Gasteiger partial charge in [-0.05, 0) is 99.0 Å². The van der Waals surface area contributed by atoms with E-state index in [1.165, 1.54) is 0 Å². The summed E-state index contributed by atoms with van der Waals surface area (Å²) in [5.74, 6) is 1.91. The summed E-state index contributed by atoms with van der Waals surface area (Å²) in [5.41, 5.74) is 15.1. The molecule has 0 radical (unpaired) electrons. The van der Waals surface area contributed by atoms with Crippen molar-refractivity contribution in [3.63, 3.8) is 0 Å². The molecule has 2 fully saturated rings. The van der Waals surface area contributed by atoms with Crippen LogP contribution in [0.15, 0.2) is 60.3 Å². The maximum Gasteiger partial charge on any atom is 0.145 e. The smallest absolute Gasteiger partial charge is 0.145 e. The van der Waals surface area contributed by atoms with Crippen LogP contribution in [-0.2, 0) is 9.59 Å². The summed E-state index contributed by atoms with van der Waals surface area (Å²) in [4.78, 5) is 27.4. The summed E-state index contributed by atoms with van der Waals surface area (Å²) >= 11 is 0. The fourth-order valence-electron chi connectivity index (χ4n) is 7.73. The molecule has 43 heavy (non-hydrogen) atoms. The van der Waals surface area contributed by atoms with E-state index >= 15 is 0 Å². The maximum atomic E-state index is 13.8. The number of carbonyl (C=O) groups excluding carboxylic acids is 2. The molecule has 2 aliphatic rings. The summed E-state index contributed by atoms with van der Waals surface area (Å²) in [7, 11) is 0. The first-order valence-electron chi connectivity index (χ1n) is 16.0. The first-order chi connectivity index (χ1) is 19.6. The van der Waals surface area contributed by atoms with Crippen molar-refractivity contribution in [3.8, 4) is 0 Å². The second-order valence-corrected chi connectivity index (χ2v) is 12.7. The first kappa shape index (κ1) is 38.1. The van der Waals surface area contributed by atoms with Crippen LogP contribution in [0.4, 0.5) is 5.69 Å². The Morgan fingerprint density at radius 3 is 2.05 bits per heavy atom. The van der Waals surface area contributed by atoms with Crippen LogP contribution in [0.3, 0.4) is 0 Å². The highest BCUT2D eigenvalue weighted by Gasteiger charge is 2.53. The molecule has 3 heteroatoms. The molecule has 2 aromatic carbocycles. The van der Waals surface area contributed by atoms with Gasteiger partial charge in [-0.15, -0.1) is 5.73 Å². The topological polar surface area (TPSA) is 60.2 Å². The zero-order chi connectivity index (χ0) is 30.3. The molecule has 0 aliphatic heterocycles. The van der Waals surface area contributed by atoms with Crippen molar-refractivity contribution in [2.45, 2.75) is 127 Å². The molecule has 0 saturated heterocycles. The van der Waals surface area contributed by atoms with E-state index < -0.39 is 5.41 Å². The van der Waals surface area contributed by atoms with Gasteiger partial charge in [-0.1, -0.05) is 97.5 Å². The Morgan fingerprint density at radius 2 is 1.56 bits per heavy atom. The highest BCUT2D eigenvalue weighted by molar-refractivity contribution is 5.94. The summed E-state index contributed by atoms with van der Waals surface area (Å²) < 4.78 is 0. The average Bonchev–Trinajstić information content (AvgIpc) is 3.26. The maximum absolute atomic E-state index is 13.8. The SMILES string of the molecule is C.C.C=C=C1C(c2cc(C)cc(C)c2)C(=O)C[C@]1(CC)[C@@H](CCC(=O)C1CCC(C(C)C)CC1)c1ccc(N)cc1.CC. The molecule has 0 amide bonds. The lowest BCUT2D eigenvalue weighted by atomic mass is 9.63. The van der Waals surface area contributed by atoms with Crippen LogP contribution in [-0.4, -0.2) is 11.6 Å². The molecule has 238 valence electrons. The van der Waals surface area contributed by atoms with Crippen LogP contribution >= 0.6 is 0 Å². The van der Waals surface area contributed by atoms with Crippen LogP contribution < -0.4 is 5.73 Å². The molecule has 2 aromatic rings. The lowest BCUT2D eigenvalue weighted by Crippen LogP contribution is -2.30. The number of rotatable bonds is 9. The molecular weight excluding hydrogens is 526 g/mol. The molecule has 2 N–H and O–H groups in total. The van der Waals surface area contributed by atoms with Crippen LogP contribution in [0.5, 0.6) is 0 Å². The van der Waals surface area contributed by atoms with Crippen molar-refractivity contribution in [1.29, 1.82) is 0 Å². The number of aryl methyl sites for hydroxylation is 2. The summed E-state index contributed by atoms with van der Waals surface area (Å²) in [6.45, 7) is 19.1. The number of ketones is 2. The molecule has 0 bridgehead atoms. The van der Waals surface area contributed by atoms with Crippen LogP contribution in [0, 0.1) is 37.0 Å². The van der Waals surface area contributed by atoms with E-state index in [9.17, 15) is 9.59 Å². The van der Waals surface area contributed by atoms with Crippen molar-refractivity contribution < 1.29 is 9.59 Å². The fraction of sp³-hybridized carbons (Fsp3) is 0.575. The molecule has 2 saturated carbocycles. The summed E-state index contributed by atoms with van der Waals surface area (Å²) in [6, 6.07) is 14.5. The third kappa shape index (κ3) is 8.39. The number of Topliss-reactive ketones (excluding diaryl/α,β-unsaturated/α-hetero) is 2. The molecule has 4 rings (SSSR count). The molecular formula is C40H61NO2. The lowest BCUT2D eigenvalue weighted by Gasteiger charge is -2.39. The second kappa shape index (κ2) is 16.8. The van der Waals surface area contributed by atoms with E-state index in [0.717, 1.165) is 78.0 Å². The molecule has 3 atom stereocenters. The van der Waals surface area contributed by atoms with Crippen molar-refractivity contribution >= 4 is 17.3 Å². The van der Waals surface area contributed by atoms with E-state index in [1.807, 2.05) is 26.0 Å². The first-order valence-corrected chi connectivity index (χ1v) is 16.0. The Labute approximate surface area is 264 Å². The molecule has 0 aromatic heterocycles. The number of nitrogen functional groups attached to an aromatic ring is 1. The minimum atomic E-state index is -0.424. The van der Waals surface area contributed by atoms with E-state index in [2.05, 4.69) is 77.3 Å². The standard InChI is InChI=1S/C36H47NO2.C2H6.2CH4/c1-7-31-35(29-20-24(5)19-25(6)21-29)34(39)22-36(31,8-2)32(27-13-15-30(37)16-14-27)17-18-33(38)28-11-9-26(10-12-28)23(3)4;1-2;;/h13-16,19-21,23,26,28,32,35H,1,8-12,17-18,22,37H2,2-6H3;1-2H3;2*1H4/t26?,28?,32-,35?,36-;;;/m0.../s1. The van der Waals surface area contributed by atoms with Crippen molar-refractivity contribution in [2.24, 2.45) is 23.2 Å². The number of hydrogen-bond acceptors (Lipinski definition) is 3. The van der Waals surface area contributed by atoms with Gasteiger partial charge in [0.05, 0.1) is 5.92 Å². The second-order valence-electron chi connectivity index (χ2n) is 12.7. The van der Waals surface area contributed by atoms with Gasteiger partial charge >= 0.3 is 0 Å². The average molecular weight is 588 g/mol. The van der Waals surface area contributed by atoms with Crippen LogP contribution in [0.2, 0.25) is 0 Å². The molecule has 0 heterocycles. The third-order valence-electron chi connectivity index (χ3n) is 9.89. The number of hydrogen-bond donors (Lipinski definition) is 1. The Morgan fingerprint density at radius 1 is 1.00 bits per heavy atom. The molecule has 2 aliphatic carbocycles. The Balaban J connectivity index is 0.00000226. The van der Waals surface area contributed by atoms with Crippen molar-refractivity contribution in [3.05, 3.63) is 82.6 Å². The molecule has 0 spiro atoms. The normalized spacial score (nSPS) is 23.8. The van der Waals surface area contributed by atoms with Crippen molar-refractivity contribution in [2.75, 3.05) is 5.73 Å². The van der Waals surface area contributed by atoms with Gasteiger partial charge in [0.25, 0.3) is 0 Å². The monoisotopic (exact) mass is 587 g/mol. The predicted octanol–water partition coefficient (Wildman–Crippen LogP) is 10.9. The fourth-order valence-corrected chi connectivity index (χ4v) is 7.73. The van der Waals surface area contributed by atoms with Gasteiger partial charge in [-0.25, -0.2) is 0 Å². The number of nitrogens with two attached hydrogens (primary N) is 1. The van der Waals surface area contributed by atoms with Crippen LogP contribution in [0.25, 0.3) is 0 Å². The number of carbonyl (C=O) groups is 2. The van der Waals surface area contributed by atoms with Gasteiger partial charge in [0.1, 0.15) is 11.6 Å². The van der Waals surface area contributed by atoms with Gasteiger partial charge < -0.3 is 5.73 Å². The van der Waals surface area contributed by atoms with E-state index in [-0.39, 0.29) is 38.4 Å². The van der Waals surface area contributed by atoms with Gasteiger partial charge in [-0.3, -0.25) is 9.59 Å². The lowest BCUT2D eigenvalue weighted by molar-refractivity contribution is -0.124. The van der Waals surface area contributed by atoms with Crippen LogP contribution in [0.1, 0.15) is 135 Å². The highest BCUT2D eigenvalue weighted by Crippen LogP contribution is 2.59. The van der Waals surface area contributed by atoms with Gasteiger partial charge in [0, 0.05) is 29.9 Å². The summed E-state index contributed by atoms with van der Waals surface area (Å²) in [6.07, 6.45) is 6.84. The van der Waals surface area contributed by atoms with Crippen molar-refractivity contribution in [1.82, 2.24) is 0 Å². The molecule has 1 unspecified atom stereocenters. The van der Waals surface area contributed by atoms with Gasteiger partial charge in [0.15, 0.2) is 0 Å². The quantitative estimate of drug-likeness (QED) is 0.234. The van der Waals surface area contributed by atoms with E-state index in [4.69, 9.17) is 5.73 Å². The van der Waals surface area contributed by atoms with Gasteiger partial charge in [0.2, 0.25) is 0 Å². The number of benzene rings is 2. The number of anilines is 1. The third-order valence-corrected chi connectivity index (χ3v) is 9.89. The Bertz CT molecular complexity index is 1220. The highest BCUT2D eigenvalue weighted by atomic mass is 16.1. The largest absolute Gasteiger partial charge is 0.399 e. The zero-order valence-electron chi connectivity index (χ0n) is 26.7.